The number of ether oxygens (including phenoxy) is 2. The Kier molecular flexibility index (Phi) is 8.77. The van der Waals surface area contributed by atoms with Crippen LogP contribution in [0.5, 0.6) is 0 Å². The van der Waals surface area contributed by atoms with Gasteiger partial charge in [0.05, 0.1) is 6.10 Å². The highest BCUT2D eigenvalue weighted by Crippen LogP contribution is 2.20. The summed E-state index contributed by atoms with van der Waals surface area (Å²) >= 11 is 0. The van der Waals surface area contributed by atoms with E-state index >= 15 is 0 Å². The topological polar surface area (TPSA) is 49.3 Å². The second-order valence-corrected chi connectivity index (χ2v) is 8.67. The number of nitrogens with one attached hydrogen (secondary N) is 1. The predicted molar refractivity (Wildman–Crippen MR) is 131 cm³/mol. The number of nitrogens with zero attached hydrogens (tertiary/aromatic N) is 3. The van der Waals surface area contributed by atoms with Crippen molar-refractivity contribution in [3.05, 3.63) is 48.0 Å². The van der Waals surface area contributed by atoms with E-state index in [9.17, 15) is 0 Å². The highest BCUT2D eigenvalue weighted by Gasteiger charge is 2.20. The Labute approximate surface area is 192 Å². The van der Waals surface area contributed by atoms with Gasteiger partial charge in [-0.2, -0.15) is 0 Å². The molecule has 6 nitrogen and oxygen atoms in total. The van der Waals surface area contributed by atoms with Crippen LogP contribution in [0, 0.1) is 0 Å². The van der Waals surface area contributed by atoms with Crippen molar-refractivity contribution in [2.24, 2.45) is 4.99 Å². The van der Waals surface area contributed by atoms with E-state index in [4.69, 9.17) is 14.5 Å². The number of aliphatic imine (C=N–C) groups is 1. The Morgan fingerprint density at radius 1 is 1.06 bits per heavy atom. The molecule has 2 saturated heterocycles. The van der Waals surface area contributed by atoms with Crippen LogP contribution < -0.4 is 5.32 Å². The third-order valence-electron chi connectivity index (χ3n) is 6.37. The molecule has 0 aliphatic carbocycles. The number of fused-ring (bicyclic) bond motifs is 1. The molecule has 0 saturated carbocycles. The van der Waals surface area contributed by atoms with E-state index in [-0.39, 0.29) is 0 Å². The standard InChI is InChI=1S/C26H38N4O2/c1-2-27-26(28-13-6-18-32-24-11-19-31-20-12-24)30-16-14-29(15-17-30)21-23-9-5-8-22-7-3-4-10-25(22)23/h3-5,7-10,24H,2,6,11-21H2,1H3,(H,27,28). The molecule has 6 heteroatoms. The van der Waals surface area contributed by atoms with E-state index in [0.717, 1.165) is 90.9 Å². The minimum atomic E-state index is 0.371. The van der Waals surface area contributed by atoms with E-state index in [2.05, 4.69) is 64.5 Å². The Morgan fingerprint density at radius 3 is 2.66 bits per heavy atom. The van der Waals surface area contributed by atoms with Gasteiger partial charge in [-0.25, -0.2) is 0 Å². The maximum atomic E-state index is 5.98. The van der Waals surface area contributed by atoms with Gasteiger partial charge in [0.15, 0.2) is 5.96 Å². The van der Waals surface area contributed by atoms with Gasteiger partial charge in [-0.1, -0.05) is 42.5 Å². The molecule has 0 aromatic heterocycles. The first kappa shape index (κ1) is 23.0. The lowest BCUT2D eigenvalue weighted by molar-refractivity contribution is -0.0318. The molecule has 2 aromatic carbocycles. The van der Waals surface area contributed by atoms with Crippen LogP contribution in [0.3, 0.4) is 0 Å². The van der Waals surface area contributed by atoms with E-state index in [0.29, 0.717) is 6.10 Å². The highest BCUT2D eigenvalue weighted by atomic mass is 16.5. The summed E-state index contributed by atoms with van der Waals surface area (Å²) in [7, 11) is 0. The molecule has 0 bridgehead atoms. The first-order valence-electron chi connectivity index (χ1n) is 12.2. The summed E-state index contributed by atoms with van der Waals surface area (Å²) in [5.74, 6) is 1.04. The monoisotopic (exact) mass is 438 g/mol. The summed E-state index contributed by atoms with van der Waals surface area (Å²) in [5, 5.41) is 6.18. The van der Waals surface area contributed by atoms with Crippen LogP contribution >= 0.6 is 0 Å². The van der Waals surface area contributed by atoms with Gasteiger partial charge in [-0.3, -0.25) is 9.89 Å². The SMILES string of the molecule is CCNC(=NCCCOC1CCOCC1)N1CCN(Cc2cccc3ccccc23)CC1. The summed E-state index contributed by atoms with van der Waals surface area (Å²) in [5.41, 5.74) is 1.42. The molecular weight excluding hydrogens is 400 g/mol. The molecule has 2 heterocycles. The quantitative estimate of drug-likeness (QED) is 0.388. The molecule has 2 aromatic rings. The zero-order valence-electron chi connectivity index (χ0n) is 19.5. The number of hydrogen-bond acceptors (Lipinski definition) is 4. The lowest BCUT2D eigenvalue weighted by Crippen LogP contribution is -2.52. The van der Waals surface area contributed by atoms with Crippen molar-refractivity contribution in [1.29, 1.82) is 0 Å². The van der Waals surface area contributed by atoms with Crippen molar-refractivity contribution in [2.75, 3.05) is 59.1 Å². The van der Waals surface area contributed by atoms with Gasteiger partial charge in [0.2, 0.25) is 0 Å². The maximum absolute atomic E-state index is 5.98. The zero-order chi connectivity index (χ0) is 22.0. The van der Waals surface area contributed by atoms with Gasteiger partial charge in [0.1, 0.15) is 0 Å². The van der Waals surface area contributed by atoms with Crippen molar-refractivity contribution in [1.82, 2.24) is 15.1 Å². The number of rotatable bonds is 8. The van der Waals surface area contributed by atoms with Gasteiger partial charge in [-0.15, -0.1) is 0 Å². The van der Waals surface area contributed by atoms with Crippen LogP contribution in [0.4, 0.5) is 0 Å². The van der Waals surface area contributed by atoms with E-state index in [1.807, 2.05) is 0 Å². The minimum Gasteiger partial charge on any atom is -0.381 e. The average Bonchev–Trinajstić information content (AvgIpc) is 2.85. The van der Waals surface area contributed by atoms with Crippen molar-refractivity contribution >= 4 is 16.7 Å². The third kappa shape index (κ3) is 6.44. The van der Waals surface area contributed by atoms with E-state index < -0.39 is 0 Å². The second kappa shape index (κ2) is 12.2. The number of guanidine groups is 1. The smallest absolute Gasteiger partial charge is 0.194 e. The first-order chi connectivity index (χ1) is 15.8. The summed E-state index contributed by atoms with van der Waals surface area (Å²) in [6.07, 6.45) is 3.38. The Bertz CT molecular complexity index is 853. The molecule has 0 radical (unpaired) electrons. The lowest BCUT2D eigenvalue weighted by atomic mass is 10.0. The third-order valence-corrected chi connectivity index (χ3v) is 6.37. The van der Waals surface area contributed by atoms with Crippen molar-refractivity contribution in [3.8, 4) is 0 Å². The lowest BCUT2D eigenvalue weighted by Gasteiger charge is -2.36. The van der Waals surface area contributed by atoms with E-state index in [1.165, 1.54) is 16.3 Å². The van der Waals surface area contributed by atoms with Crippen molar-refractivity contribution in [2.45, 2.75) is 38.8 Å². The van der Waals surface area contributed by atoms with Crippen LogP contribution in [0.2, 0.25) is 0 Å². The van der Waals surface area contributed by atoms with Crippen LogP contribution in [0.15, 0.2) is 47.5 Å². The van der Waals surface area contributed by atoms with Crippen LogP contribution in [-0.4, -0.2) is 81.0 Å². The first-order valence-corrected chi connectivity index (χ1v) is 12.2. The van der Waals surface area contributed by atoms with Gasteiger partial charge in [-0.05, 0) is 42.5 Å². The molecule has 4 rings (SSSR count). The predicted octanol–water partition coefficient (Wildman–Crippen LogP) is 3.51. The molecule has 32 heavy (non-hydrogen) atoms. The largest absolute Gasteiger partial charge is 0.381 e. The Balaban J connectivity index is 1.24. The van der Waals surface area contributed by atoms with Crippen molar-refractivity contribution in [3.63, 3.8) is 0 Å². The maximum Gasteiger partial charge on any atom is 0.194 e. The van der Waals surface area contributed by atoms with Crippen LogP contribution in [-0.2, 0) is 16.0 Å². The number of piperazine rings is 1. The zero-order valence-corrected chi connectivity index (χ0v) is 19.5. The number of hydrogen-bond donors (Lipinski definition) is 1. The number of benzene rings is 2. The molecule has 2 fully saturated rings. The summed E-state index contributed by atoms with van der Waals surface area (Å²) < 4.78 is 11.4. The summed E-state index contributed by atoms with van der Waals surface area (Å²) in [4.78, 5) is 9.84. The molecule has 0 spiro atoms. The fraction of sp³-hybridized carbons (Fsp3) is 0.577. The normalized spacial score (nSPS) is 18.9. The summed E-state index contributed by atoms with van der Waals surface area (Å²) in [6, 6.07) is 15.3. The molecule has 0 unspecified atom stereocenters. The molecule has 174 valence electrons. The van der Waals surface area contributed by atoms with Gasteiger partial charge >= 0.3 is 0 Å². The fourth-order valence-corrected chi connectivity index (χ4v) is 4.56. The molecular formula is C26H38N4O2. The molecule has 2 aliphatic rings. The fourth-order valence-electron chi connectivity index (χ4n) is 4.56. The average molecular weight is 439 g/mol. The minimum absolute atomic E-state index is 0.371. The van der Waals surface area contributed by atoms with Crippen molar-refractivity contribution < 1.29 is 9.47 Å². The highest BCUT2D eigenvalue weighted by molar-refractivity contribution is 5.85. The molecule has 0 atom stereocenters. The Morgan fingerprint density at radius 2 is 1.84 bits per heavy atom. The second-order valence-electron chi connectivity index (χ2n) is 8.67. The molecule has 2 aliphatic heterocycles. The van der Waals surface area contributed by atoms with Crippen LogP contribution in [0.1, 0.15) is 31.7 Å². The summed E-state index contributed by atoms with van der Waals surface area (Å²) in [6.45, 7) is 11.4. The Hall–Kier alpha value is -2.15. The molecule has 1 N–H and O–H groups in total. The van der Waals surface area contributed by atoms with Crippen LogP contribution in [0.25, 0.3) is 10.8 Å². The van der Waals surface area contributed by atoms with E-state index in [1.54, 1.807) is 0 Å². The molecule has 0 amide bonds. The van der Waals surface area contributed by atoms with Gasteiger partial charge < -0.3 is 19.7 Å². The van der Waals surface area contributed by atoms with Gasteiger partial charge in [0, 0.05) is 65.6 Å². The van der Waals surface area contributed by atoms with Gasteiger partial charge in [0.25, 0.3) is 0 Å².